The van der Waals surface area contributed by atoms with Gasteiger partial charge in [-0.25, -0.2) is 4.98 Å². The minimum atomic E-state index is -4.50. The molecule has 0 atom stereocenters. The summed E-state index contributed by atoms with van der Waals surface area (Å²) in [5, 5.41) is 14.0. The van der Waals surface area contributed by atoms with Crippen LogP contribution in [0.1, 0.15) is 11.1 Å². The highest BCUT2D eigenvalue weighted by Gasteiger charge is 2.30. The SMILES string of the molecule is O=C(/C=C\c1cc([N+](=O)[O-])ccc1Sc1ccc(C(F)(F)F)cn1)Nc1ccccc1. The predicted octanol–water partition coefficient (Wildman–Crippen LogP) is 5.81. The van der Waals surface area contributed by atoms with Gasteiger partial charge in [-0.15, -0.1) is 0 Å². The molecule has 6 nitrogen and oxygen atoms in total. The first-order valence-corrected chi connectivity index (χ1v) is 9.58. The molecule has 0 bridgehead atoms. The Bertz CT molecular complexity index is 1120. The second-order valence-corrected chi connectivity index (χ2v) is 7.22. The van der Waals surface area contributed by atoms with Crippen molar-refractivity contribution in [3.63, 3.8) is 0 Å². The van der Waals surface area contributed by atoms with Crippen LogP contribution in [0.2, 0.25) is 0 Å². The fourth-order valence-electron chi connectivity index (χ4n) is 2.46. The third-order valence-electron chi connectivity index (χ3n) is 3.94. The Morgan fingerprint density at radius 1 is 1.10 bits per heavy atom. The van der Waals surface area contributed by atoms with Gasteiger partial charge in [0.15, 0.2) is 0 Å². The Labute approximate surface area is 179 Å². The monoisotopic (exact) mass is 445 g/mol. The van der Waals surface area contributed by atoms with E-state index in [0.717, 1.165) is 24.0 Å². The molecule has 3 rings (SSSR count). The Kier molecular flexibility index (Phi) is 6.71. The zero-order valence-corrected chi connectivity index (χ0v) is 16.5. The van der Waals surface area contributed by atoms with Crippen molar-refractivity contribution < 1.29 is 22.9 Å². The highest BCUT2D eigenvalue weighted by atomic mass is 32.2. The van der Waals surface area contributed by atoms with Gasteiger partial charge in [-0.2, -0.15) is 13.2 Å². The van der Waals surface area contributed by atoms with Crippen LogP contribution in [-0.4, -0.2) is 15.8 Å². The van der Waals surface area contributed by atoms with E-state index in [9.17, 15) is 28.1 Å². The maximum Gasteiger partial charge on any atom is 0.417 e. The van der Waals surface area contributed by atoms with Crippen LogP contribution in [0.25, 0.3) is 6.08 Å². The molecular formula is C21H14F3N3O3S. The molecule has 1 amide bonds. The highest BCUT2D eigenvalue weighted by molar-refractivity contribution is 7.99. The number of nitro benzene ring substituents is 1. The van der Waals surface area contributed by atoms with E-state index < -0.39 is 22.6 Å². The minimum absolute atomic E-state index is 0.187. The molecular weight excluding hydrogens is 431 g/mol. The summed E-state index contributed by atoms with van der Waals surface area (Å²) in [7, 11) is 0. The van der Waals surface area contributed by atoms with Gasteiger partial charge in [-0.05, 0) is 42.0 Å². The molecule has 1 aromatic heterocycles. The van der Waals surface area contributed by atoms with E-state index in [2.05, 4.69) is 10.3 Å². The molecule has 3 aromatic rings. The number of pyridine rings is 1. The van der Waals surface area contributed by atoms with Gasteiger partial charge in [0, 0.05) is 35.0 Å². The van der Waals surface area contributed by atoms with E-state index in [1.807, 2.05) is 0 Å². The standard InChI is InChI=1S/C21H14F3N3O3S/c22-21(23,24)15-7-11-20(25-13-15)31-18-9-8-17(27(29)30)12-14(18)6-10-19(28)26-16-4-2-1-3-5-16/h1-13H,(H,26,28)/b10-6-. The summed E-state index contributed by atoms with van der Waals surface area (Å²) in [6, 6.07) is 14.8. The van der Waals surface area contributed by atoms with Crippen LogP contribution in [0.4, 0.5) is 24.5 Å². The summed E-state index contributed by atoms with van der Waals surface area (Å²) in [6.07, 6.45) is -1.16. The van der Waals surface area contributed by atoms with Crippen molar-refractivity contribution in [1.29, 1.82) is 0 Å². The van der Waals surface area contributed by atoms with Crippen molar-refractivity contribution >= 4 is 35.1 Å². The summed E-state index contributed by atoms with van der Waals surface area (Å²) < 4.78 is 38.1. The van der Waals surface area contributed by atoms with Crippen LogP contribution in [0.15, 0.2) is 82.9 Å². The van der Waals surface area contributed by atoms with Gasteiger partial charge in [-0.3, -0.25) is 14.9 Å². The molecule has 1 heterocycles. The number of rotatable bonds is 6. The minimum Gasteiger partial charge on any atom is -0.323 e. The van der Waals surface area contributed by atoms with Gasteiger partial charge >= 0.3 is 6.18 Å². The molecule has 1 N–H and O–H groups in total. The molecule has 0 aliphatic carbocycles. The number of nitrogens with one attached hydrogen (secondary N) is 1. The number of para-hydroxylation sites is 1. The lowest BCUT2D eigenvalue weighted by atomic mass is 10.2. The van der Waals surface area contributed by atoms with E-state index in [-0.39, 0.29) is 10.7 Å². The van der Waals surface area contributed by atoms with E-state index in [4.69, 9.17) is 0 Å². The van der Waals surface area contributed by atoms with Gasteiger partial charge in [0.1, 0.15) is 5.03 Å². The van der Waals surface area contributed by atoms with Gasteiger partial charge in [0.25, 0.3) is 5.69 Å². The van der Waals surface area contributed by atoms with Gasteiger partial charge in [0.2, 0.25) is 5.91 Å². The number of anilines is 1. The first-order valence-electron chi connectivity index (χ1n) is 8.76. The van der Waals surface area contributed by atoms with E-state index in [0.29, 0.717) is 16.1 Å². The molecule has 0 fully saturated rings. The molecule has 158 valence electrons. The number of aromatic nitrogens is 1. The van der Waals surface area contributed by atoms with Crippen LogP contribution in [0.5, 0.6) is 0 Å². The second kappa shape index (κ2) is 9.43. The normalized spacial score (nSPS) is 11.5. The highest BCUT2D eigenvalue weighted by Crippen LogP contribution is 2.34. The van der Waals surface area contributed by atoms with Crippen LogP contribution in [0.3, 0.4) is 0 Å². The number of non-ortho nitro benzene ring substituents is 1. The number of amides is 1. The Hall–Kier alpha value is -3.66. The zero-order valence-electron chi connectivity index (χ0n) is 15.7. The van der Waals surface area contributed by atoms with Gasteiger partial charge < -0.3 is 5.32 Å². The smallest absolute Gasteiger partial charge is 0.323 e. The number of benzene rings is 2. The number of hydrogen-bond acceptors (Lipinski definition) is 5. The fraction of sp³-hybridized carbons (Fsp3) is 0.0476. The average molecular weight is 445 g/mol. The molecule has 31 heavy (non-hydrogen) atoms. The summed E-state index contributed by atoms with van der Waals surface area (Å²) >= 11 is 1.03. The lowest BCUT2D eigenvalue weighted by Crippen LogP contribution is -2.07. The third-order valence-corrected chi connectivity index (χ3v) is 4.98. The topological polar surface area (TPSA) is 85.1 Å². The largest absolute Gasteiger partial charge is 0.417 e. The molecule has 0 aliphatic rings. The first-order chi connectivity index (χ1) is 14.7. The van der Waals surface area contributed by atoms with Crippen molar-refractivity contribution in [3.8, 4) is 0 Å². The lowest BCUT2D eigenvalue weighted by molar-refractivity contribution is -0.384. The van der Waals surface area contributed by atoms with Crippen molar-refractivity contribution in [2.75, 3.05) is 5.32 Å². The molecule has 0 unspecified atom stereocenters. The van der Waals surface area contributed by atoms with Gasteiger partial charge in [-0.1, -0.05) is 30.0 Å². The number of halogens is 3. The van der Waals surface area contributed by atoms with Crippen molar-refractivity contribution in [3.05, 3.63) is 94.2 Å². The molecule has 0 saturated carbocycles. The summed E-state index contributed by atoms with van der Waals surface area (Å²) in [5.41, 5.74) is -0.130. The fourth-order valence-corrected chi connectivity index (χ4v) is 3.31. The van der Waals surface area contributed by atoms with Gasteiger partial charge in [0.05, 0.1) is 10.5 Å². The Morgan fingerprint density at radius 2 is 1.84 bits per heavy atom. The van der Waals surface area contributed by atoms with E-state index >= 15 is 0 Å². The number of alkyl halides is 3. The summed E-state index contributed by atoms with van der Waals surface area (Å²) in [6.45, 7) is 0. The summed E-state index contributed by atoms with van der Waals surface area (Å²) in [4.78, 5) is 27.0. The molecule has 2 aromatic carbocycles. The molecule has 0 aliphatic heterocycles. The Morgan fingerprint density at radius 3 is 2.45 bits per heavy atom. The third kappa shape index (κ3) is 6.16. The van der Waals surface area contributed by atoms with Crippen molar-refractivity contribution in [2.45, 2.75) is 16.1 Å². The van der Waals surface area contributed by atoms with Crippen LogP contribution in [0, 0.1) is 10.1 Å². The zero-order chi connectivity index (χ0) is 22.4. The second-order valence-electron chi connectivity index (χ2n) is 6.15. The molecule has 0 saturated heterocycles. The van der Waals surface area contributed by atoms with Crippen LogP contribution >= 0.6 is 11.8 Å². The first kappa shape index (κ1) is 22.0. The Balaban J connectivity index is 1.83. The maximum atomic E-state index is 12.7. The predicted molar refractivity (Wildman–Crippen MR) is 111 cm³/mol. The van der Waals surface area contributed by atoms with Crippen LogP contribution < -0.4 is 5.32 Å². The maximum absolute atomic E-state index is 12.7. The average Bonchev–Trinajstić information content (AvgIpc) is 2.73. The van der Waals surface area contributed by atoms with Crippen LogP contribution in [-0.2, 0) is 11.0 Å². The number of carbonyl (C=O) groups excluding carboxylic acids is 1. The lowest BCUT2D eigenvalue weighted by Gasteiger charge is -2.08. The summed E-state index contributed by atoms with van der Waals surface area (Å²) in [5.74, 6) is -0.443. The molecule has 0 radical (unpaired) electrons. The molecule has 0 spiro atoms. The number of carbonyl (C=O) groups is 1. The molecule has 10 heteroatoms. The van der Waals surface area contributed by atoms with Crippen molar-refractivity contribution in [2.24, 2.45) is 0 Å². The number of nitrogens with zero attached hydrogens (tertiary/aromatic N) is 2. The quantitative estimate of drug-likeness (QED) is 0.294. The van der Waals surface area contributed by atoms with E-state index in [1.54, 1.807) is 30.3 Å². The van der Waals surface area contributed by atoms with Crippen molar-refractivity contribution in [1.82, 2.24) is 4.98 Å². The number of nitro groups is 1. The van der Waals surface area contributed by atoms with E-state index in [1.165, 1.54) is 36.4 Å². The number of hydrogen-bond donors (Lipinski definition) is 1.